The molecule has 0 radical (unpaired) electrons. The molecule has 72 heavy (non-hydrogen) atoms. The summed E-state index contributed by atoms with van der Waals surface area (Å²) in [6, 6.07) is 17.5. The highest BCUT2D eigenvalue weighted by Crippen LogP contribution is 2.42. The van der Waals surface area contributed by atoms with E-state index in [4.69, 9.17) is 66.2 Å². The van der Waals surface area contributed by atoms with Crippen LogP contribution in [-0.2, 0) is 47.3 Å². The van der Waals surface area contributed by atoms with E-state index in [2.05, 4.69) is 16.9 Å². The van der Waals surface area contributed by atoms with Crippen LogP contribution in [0.3, 0.4) is 0 Å². The molecule has 0 spiro atoms. The maximum absolute atomic E-state index is 13.8. The number of nitrogens with one attached hydrogen (secondary N) is 2. The predicted molar refractivity (Wildman–Crippen MR) is 270 cm³/mol. The number of ketones is 1. The molecule has 0 aliphatic rings. The number of benzene rings is 2. The van der Waals surface area contributed by atoms with E-state index in [0.717, 1.165) is 30.2 Å². The molecular weight excluding hydrogens is 941 g/mol. The third-order valence-electron chi connectivity index (χ3n) is 10.5. The topological polar surface area (TPSA) is 178 Å². The molecule has 4 rings (SSSR count). The number of ether oxygens (including phenoxy) is 13. The van der Waals surface area contributed by atoms with Gasteiger partial charge in [-0.1, -0.05) is 39.0 Å². The zero-order valence-electron chi connectivity index (χ0n) is 42.5. The number of aromatic amines is 2. The van der Waals surface area contributed by atoms with Crippen molar-refractivity contribution in [3.8, 4) is 45.5 Å². The lowest BCUT2D eigenvalue weighted by molar-refractivity contribution is 0.0146. The first kappa shape index (κ1) is 59.5. The Morgan fingerprint density at radius 1 is 0.486 bits per heavy atom. The minimum absolute atomic E-state index is 0.111. The molecule has 0 atom stereocenters. The maximum atomic E-state index is 13.8. The molecule has 2 N–H and O–H groups in total. The van der Waals surface area contributed by atoms with Crippen molar-refractivity contribution in [3.05, 3.63) is 78.1 Å². The van der Waals surface area contributed by atoms with Crippen LogP contribution in [0.15, 0.2) is 66.7 Å². The molecule has 20 heteroatoms. The van der Waals surface area contributed by atoms with Crippen molar-refractivity contribution >= 4 is 19.0 Å². The van der Waals surface area contributed by atoms with E-state index in [1.54, 1.807) is 57.7 Å². The third-order valence-corrected chi connectivity index (χ3v) is 10.5. The van der Waals surface area contributed by atoms with Gasteiger partial charge in [-0.25, -0.2) is 8.63 Å². The molecule has 2 aromatic heterocycles. The molecule has 0 fully saturated rings. The number of H-pyrrole nitrogens is 2. The van der Waals surface area contributed by atoms with Gasteiger partial charge in [0.2, 0.25) is 11.5 Å². The van der Waals surface area contributed by atoms with Crippen molar-refractivity contribution < 1.29 is 79.7 Å². The van der Waals surface area contributed by atoms with Crippen LogP contribution in [0.4, 0.5) is 8.63 Å². The smallest absolute Gasteiger partial charge is 0.503 e. The molecule has 2 heterocycles. The van der Waals surface area contributed by atoms with E-state index in [1.807, 2.05) is 24.3 Å². The summed E-state index contributed by atoms with van der Waals surface area (Å²) >= 11 is 0. The SMILES string of the molecule is CCCCCCCCOc1ccc(-c2ccc(/C(=C/C(=O)c3ccc(-c4cc(OCCOCCOCCOC)c(OCCOCCOCCOC)c(OCCOCCOCCOC)c4)[nH]3)OB(F)F)[nH]2)cc1. The van der Waals surface area contributed by atoms with E-state index in [0.29, 0.717) is 120 Å². The van der Waals surface area contributed by atoms with Crippen LogP contribution in [-0.4, -0.2) is 170 Å². The summed E-state index contributed by atoms with van der Waals surface area (Å²) in [7, 11) is 1.63. The molecule has 0 saturated heterocycles. The van der Waals surface area contributed by atoms with E-state index < -0.39 is 13.3 Å². The molecule has 0 saturated carbocycles. The summed E-state index contributed by atoms with van der Waals surface area (Å²) in [6.45, 7) is 9.02. The summed E-state index contributed by atoms with van der Waals surface area (Å²) in [4.78, 5) is 20.0. The number of carbonyl (C=O) groups excluding carboxylic acids is 1. The van der Waals surface area contributed by atoms with Gasteiger partial charge in [0.25, 0.3) is 0 Å². The first-order valence-electron chi connectivity index (χ1n) is 24.7. The summed E-state index contributed by atoms with van der Waals surface area (Å²) in [5.74, 6) is 0.759. The van der Waals surface area contributed by atoms with Gasteiger partial charge in [-0.05, 0) is 72.6 Å². The van der Waals surface area contributed by atoms with Gasteiger partial charge < -0.3 is 76.2 Å². The number of halogens is 2. The van der Waals surface area contributed by atoms with Crippen LogP contribution in [0.5, 0.6) is 23.0 Å². The van der Waals surface area contributed by atoms with Gasteiger partial charge in [-0.2, -0.15) is 0 Å². The van der Waals surface area contributed by atoms with E-state index in [-0.39, 0.29) is 56.8 Å². The van der Waals surface area contributed by atoms with Gasteiger partial charge in [-0.15, -0.1) is 0 Å². The van der Waals surface area contributed by atoms with Crippen LogP contribution in [0.25, 0.3) is 28.3 Å². The zero-order chi connectivity index (χ0) is 51.3. The minimum atomic E-state index is -3.19. The molecule has 400 valence electrons. The average Bonchev–Trinajstić information content (AvgIpc) is 4.09. The molecule has 0 unspecified atom stereocenters. The molecule has 0 aliphatic carbocycles. The Kier molecular flexibility index (Phi) is 31.2. The van der Waals surface area contributed by atoms with Crippen molar-refractivity contribution in [3.63, 3.8) is 0 Å². The van der Waals surface area contributed by atoms with Crippen molar-refractivity contribution in [2.75, 3.05) is 147 Å². The second-order valence-electron chi connectivity index (χ2n) is 16.0. The highest BCUT2D eigenvalue weighted by Gasteiger charge is 2.24. The molecule has 2 aromatic carbocycles. The molecule has 17 nitrogen and oxygen atoms in total. The molecule has 0 aliphatic heterocycles. The van der Waals surface area contributed by atoms with Crippen molar-refractivity contribution in [2.45, 2.75) is 45.4 Å². The van der Waals surface area contributed by atoms with E-state index in [9.17, 15) is 13.4 Å². The number of unbranched alkanes of at least 4 members (excludes halogenated alkanes) is 5. The lowest BCUT2D eigenvalue weighted by atomic mass is 10.1. The summed E-state index contributed by atoms with van der Waals surface area (Å²) in [5, 5.41) is 0. The number of allylic oxidation sites excluding steroid dienone is 1. The quantitative estimate of drug-likeness (QED) is 0.0141. The van der Waals surface area contributed by atoms with Gasteiger partial charge >= 0.3 is 7.47 Å². The number of rotatable bonds is 45. The van der Waals surface area contributed by atoms with Crippen molar-refractivity contribution in [2.24, 2.45) is 0 Å². The fraction of sp³-hybridized carbons (Fsp3) is 0.558. The van der Waals surface area contributed by atoms with Gasteiger partial charge in [-0.3, -0.25) is 4.79 Å². The van der Waals surface area contributed by atoms with E-state index in [1.165, 1.54) is 25.7 Å². The molecule has 4 aromatic rings. The highest BCUT2D eigenvalue weighted by molar-refractivity contribution is 6.36. The number of aromatic nitrogens is 2. The molecule has 0 bridgehead atoms. The average molecular weight is 1020 g/mol. The van der Waals surface area contributed by atoms with Crippen LogP contribution < -0.4 is 18.9 Å². The van der Waals surface area contributed by atoms with Crippen LogP contribution in [0, 0.1) is 0 Å². The largest absolute Gasteiger partial charge is 0.796 e. The first-order chi connectivity index (χ1) is 35.4. The van der Waals surface area contributed by atoms with Gasteiger partial charge in [0, 0.05) is 44.4 Å². The van der Waals surface area contributed by atoms with Crippen LogP contribution in [0.1, 0.15) is 61.6 Å². The van der Waals surface area contributed by atoms with Gasteiger partial charge in [0.05, 0.1) is 117 Å². The standard InChI is InChI=1S/C52H75BF2N2O15/c1-5-6-7-8-9-10-19-68-43-13-11-41(12-14-43)44-16-18-47(57-44)49(72-53(54)55)40-48(58)46-17-15-45(56-46)42-38-50(69-35-32-65-29-26-62-23-20-59-2)52(71-37-34-67-31-28-64-25-22-61-4)51(39-42)70-36-33-66-30-27-63-24-21-60-3/h11-18,38-40,56-57H,5-10,19-37H2,1-4H3/b49-40-. The Morgan fingerprint density at radius 2 is 0.931 bits per heavy atom. The van der Waals surface area contributed by atoms with Gasteiger partial charge in [0.1, 0.15) is 31.3 Å². The fourth-order valence-corrected chi connectivity index (χ4v) is 6.79. The second kappa shape index (κ2) is 37.7. The lowest BCUT2D eigenvalue weighted by Crippen LogP contribution is -2.15. The Labute approximate surface area is 423 Å². The lowest BCUT2D eigenvalue weighted by Gasteiger charge is -2.19. The minimum Gasteiger partial charge on any atom is -0.503 e. The third kappa shape index (κ3) is 24.1. The second-order valence-corrected chi connectivity index (χ2v) is 16.0. The Hall–Kier alpha value is -5.03. The Morgan fingerprint density at radius 3 is 1.44 bits per heavy atom. The number of methoxy groups -OCH3 is 3. The summed E-state index contributed by atoms with van der Waals surface area (Å²) in [6.07, 6.45) is 8.06. The highest BCUT2D eigenvalue weighted by atomic mass is 19.2. The normalized spacial score (nSPS) is 11.6. The Balaban J connectivity index is 1.52. The first-order valence-corrected chi connectivity index (χ1v) is 24.7. The summed E-state index contributed by atoms with van der Waals surface area (Å²) in [5.41, 5.74) is 2.81. The van der Waals surface area contributed by atoms with Gasteiger partial charge in [0.15, 0.2) is 11.5 Å². The maximum Gasteiger partial charge on any atom is 0.796 e. The Bertz CT molecular complexity index is 2010. The predicted octanol–water partition coefficient (Wildman–Crippen LogP) is 8.76. The molecular formula is C52H75BF2N2O15. The van der Waals surface area contributed by atoms with E-state index >= 15 is 0 Å². The molecule has 0 amide bonds. The zero-order valence-corrected chi connectivity index (χ0v) is 42.5. The number of hydrogen-bond acceptors (Lipinski definition) is 15. The van der Waals surface area contributed by atoms with Crippen LogP contribution >= 0.6 is 0 Å². The summed E-state index contributed by atoms with van der Waals surface area (Å²) < 4.78 is 106. The number of carbonyl (C=O) groups is 1. The monoisotopic (exact) mass is 1020 g/mol. The van der Waals surface area contributed by atoms with Crippen molar-refractivity contribution in [1.82, 2.24) is 9.97 Å². The van der Waals surface area contributed by atoms with Crippen LogP contribution in [0.2, 0.25) is 0 Å². The fourth-order valence-electron chi connectivity index (χ4n) is 6.79. The number of hydrogen-bond donors (Lipinski definition) is 2. The van der Waals surface area contributed by atoms with Crippen molar-refractivity contribution in [1.29, 1.82) is 0 Å².